The second kappa shape index (κ2) is 6.75. The summed E-state index contributed by atoms with van der Waals surface area (Å²) in [6, 6.07) is 3.06. The average Bonchev–Trinajstić information content (AvgIpc) is 2.48. The van der Waals surface area contributed by atoms with Crippen molar-refractivity contribution in [2.24, 2.45) is 5.84 Å². The lowest BCUT2D eigenvalue weighted by Crippen LogP contribution is -2.38. The normalized spacial score (nSPS) is 23.5. The number of nitrogens with two attached hydrogens (primary N) is 1. The van der Waals surface area contributed by atoms with Gasteiger partial charge in [-0.15, -0.1) is 0 Å². The molecule has 8 heteroatoms. The van der Waals surface area contributed by atoms with Crippen LogP contribution in [0.2, 0.25) is 0 Å². The van der Waals surface area contributed by atoms with E-state index in [1.165, 1.54) is 12.3 Å². The average molecular weight is 316 g/mol. The molecule has 0 bridgehead atoms. The highest BCUT2D eigenvalue weighted by Crippen LogP contribution is 2.27. The standard InChI is InChI=1S/C12H20N4O2S2/c1-19-10-4-2-9(3-5-10)16-20(17,18)11-6-7-12(15-13)14-8-11/h6-10,16H,2-5,13H2,1H3,(H,14,15). The molecule has 0 spiro atoms. The second-order valence-electron chi connectivity index (χ2n) is 4.85. The van der Waals surface area contributed by atoms with E-state index in [9.17, 15) is 8.42 Å². The molecular formula is C12H20N4O2S2. The van der Waals surface area contributed by atoms with Gasteiger partial charge in [0.15, 0.2) is 0 Å². The molecule has 1 saturated carbocycles. The van der Waals surface area contributed by atoms with Gasteiger partial charge in [-0.05, 0) is 44.1 Å². The summed E-state index contributed by atoms with van der Waals surface area (Å²) in [6.07, 6.45) is 7.31. The van der Waals surface area contributed by atoms with E-state index < -0.39 is 10.0 Å². The van der Waals surface area contributed by atoms with Gasteiger partial charge in [-0.3, -0.25) is 0 Å². The van der Waals surface area contributed by atoms with Gasteiger partial charge in [0.2, 0.25) is 10.0 Å². The van der Waals surface area contributed by atoms with E-state index in [1.54, 1.807) is 6.07 Å². The van der Waals surface area contributed by atoms with Crippen LogP contribution in [0.1, 0.15) is 25.7 Å². The molecule has 1 fully saturated rings. The molecule has 0 aromatic carbocycles. The fourth-order valence-electron chi connectivity index (χ4n) is 2.33. The third kappa shape index (κ3) is 3.85. The molecule has 0 unspecified atom stereocenters. The molecule has 1 aliphatic carbocycles. The number of nitrogen functional groups attached to an aromatic ring is 1. The second-order valence-corrected chi connectivity index (χ2v) is 7.71. The van der Waals surface area contributed by atoms with Crippen molar-refractivity contribution in [1.29, 1.82) is 0 Å². The minimum atomic E-state index is -3.50. The summed E-state index contributed by atoms with van der Waals surface area (Å²) in [7, 11) is -3.50. The van der Waals surface area contributed by atoms with Crippen LogP contribution in [0.5, 0.6) is 0 Å². The maximum atomic E-state index is 12.2. The van der Waals surface area contributed by atoms with E-state index in [4.69, 9.17) is 5.84 Å². The topological polar surface area (TPSA) is 97.1 Å². The summed E-state index contributed by atoms with van der Waals surface area (Å²) in [4.78, 5) is 4.09. The number of sulfonamides is 1. The quantitative estimate of drug-likeness (QED) is 0.560. The van der Waals surface area contributed by atoms with E-state index in [-0.39, 0.29) is 10.9 Å². The largest absolute Gasteiger partial charge is 0.308 e. The smallest absolute Gasteiger partial charge is 0.242 e. The highest BCUT2D eigenvalue weighted by atomic mass is 32.2. The van der Waals surface area contributed by atoms with Crippen LogP contribution in [-0.4, -0.2) is 30.9 Å². The number of hydrazine groups is 1. The van der Waals surface area contributed by atoms with Gasteiger partial charge in [0, 0.05) is 17.5 Å². The molecule has 0 atom stereocenters. The highest BCUT2D eigenvalue weighted by Gasteiger charge is 2.25. The Morgan fingerprint density at radius 2 is 2.00 bits per heavy atom. The first-order valence-electron chi connectivity index (χ1n) is 6.53. The number of thioether (sulfide) groups is 1. The predicted octanol–water partition coefficient (Wildman–Crippen LogP) is 1.32. The van der Waals surface area contributed by atoms with Crippen molar-refractivity contribution in [3.63, 3.8) is 0 Å². The van der Waals surface area contributed by atoms with E-state index in [0.717, 1.165) is 25.7 Å². The first-order chi connectivity index (χ1) is 9.55. The van der Waals surface area contributed by atoms with Crippen LogP contribution in [0.4, 0.5) is 5.82 Å². The van der Waals surface area contributed by atoms with Gasteiger partial charge >= 0.3 is 0 Å². The Labute approximate surface area is 123 Å². The molecule has 0 aliphatic heterocycles. The van der Waals surface area contributed by atoms with Crippen LogP contribution >= 0.6 is 11.8 Å². The van der Waals surface area contributed by atoms with Crippen molar-refractivity contribution < 1.29 is 8.42 Å². The molecule has 1 aromatic heterocycles. The van der Waals surface area contributed by atoms with Gasteiger partial charge in [0.1, 0.15) is 10.7 Å². The Balaban J connectivity index is 2.00. The fourth-order valence-corrected chi connectivity index (χ4v) is 4.32. The maximum absolute atomic E-state index is 12.2. The molecule has 4 N–H and O–H groups in total. The molecule has 2 rings (SSSR count). The van der Waals surface area contributed by atoms with Crippen molar-refractivity contribution in [2.75, 3.05) is 11.7 Å². The zero-order valence-electron chi connectivity index (χ0n) is 11.4. The number of anilines is 1. The maximum Gasteiger partial charge on any atom is 0.242 e. The molecule has 0 saturated heterocycles. The molecule has 1 aliphatic rings. The molecular weight excluding hydrogens is 296 g/mol. The first kappa shape index (κ1) is 15.6. The van der Waals surface area contributed by atoms with Crippen LogP contribution in [0, 0.1) is 0 Å². The number of hydrogen-bond acceptors (Lipinski definition) is 6. The summed E-state index contributed by atoms with van der Waals surface area (Å²) in [5.41, 5.74) is 2.37. The van der Waals surface area contributed by atoms with Gasteiger partial charge < -0.3 is 5.43 Å². The Hall–Kier alpha value is -0.830. The zero-order chi connectivity index (χ0) is 14.6. The Kier molecular flexibility index (Phi) is 5.25. The number of rotatable bonds is 5. The first-order valence-corrected chi connectivity index (χ1v) is 9.30. The highest BCUT2D eigenvalue weighted by molar-refractivity contribution is 7.99. The number of pyridine rings is 1. The van der Waals surface area contributed by atoms with Gasteiger partial charge in [-0.25, -0.2) is 24.0 Å². The molecule has 0 radical (unpaired) electrons. The van der Waals surface area contributed by atoms with Crippen LogP contribution < -0.4 is 16.0 Å². The molecule has 1 aromatic rings. The lowest BCUT2D eigenvalue weighted by molar-refractivity contribution is 0.420. The van der Waals surface area contributed by atoms with Crippen molar-refractivity contribution in [1.82, 2.24) is 9.71 Å². The number of nitrogens with one attached hydrogen (secondary N) is 2. The third-order valence-electron chi connectivity index (χ3n) is 3.52. The van der Waals surface area contributed by atoms with Crippen molar-refractivity contribution in [2.45, 2.75) is 41.9 Å². The van der Waals surface area contributed by atoms with Gasteiger partial charge in [-0.1, -0.05) is 0 Å². The minimum Gasteiger partial charge on any atom is -0.308 e. The number of aromatic nitrogens is 1. The van der Waals surface area contributed by atoms with Crippen molar-refractivity contribution in [3.8, 4) is 0 Å². The van der Waals surface area contributed by atoms with E-state index >= 15 is 0 Å². The minimum absolute atomic E-state index is 0.0238. The monoisotopic (exact) mass is 316 g/mol. The van der Waals surface area contributed by atoms with Crippen molar-refractivity contribution in [3.05, 3.63) is 18.3 Å². The van der Waals surface area contributed by atoms with Gasteiger partial charge in [0.25, 0.3) is 0 Å². The lowest BCUT2D eigenvalue weighted by Gasteiger charge is -2.27. The molecule has 1 heterocycles. The van der Waals surface area contributed by atoms with Crippen LogP contribution in [0.25, 0.3) is 0 Å². The Morgan fingerprint density at radius 1 is 1.30 bits per heavy atom. The van der Waals surface area contributed by atoms with Gasteiger partial charge in [-0.2, -0.15) is 11.8 Å². The predicted molar refractivity (Wildman–Crippen MR) is 81.9 cm³/mol. The van der Waals surface area contributed by atoms with Crippen LogP contribution in [-0.2, 0) is 10.0 Å². The third-order valence-corrected chi connectivity index (χ3v) is 6.17. The molecule has 112 valence electrons. The fraction of sp³-hybridized carbons (Fsp3) is 0.583. The number of nitrogens with zero attached hydrogens (tertiary/aromatic N) is 1. The lowest BCUT2D eigenvalue weighted by atomic mass is 9.96. The zero-order valence-corrected chi connectivity index (χ0v) is 13.0. The van der Waals surface area contributed by atoms with Crippen molar-refractivity contribution >= 4 is 27.6 Å². The molecule has 20 heavy (non-hydrogen) atoms. The molecule has 6 nitrogen and oxygen atoms in total. The Morgan fingerprint density at radius 3 is 2.50 bits per heavy atom. The van der Waals surface area contributed by atoms with Crippen LogP contribution in [0.3, 0.4) is 0 Å². The molecule has 0 amide bonds. The van der Waals surface area contributed by atoms with E-state index in [2.05, 4.69) is 21.4 Å². The van der Waals surface area contributed by atoms with E-state index in [0.29, 0.717) is 11.1 Å². The summed E-state index contributed by atoms with van der Waals surface area (Å²) in [5, 5.41) is 0.660. The summed E-state index contributed by atoms with van der Waals surface area (Å²) in [5.74, 6) is 5.64. The number of hydrogen-bond donors (Lipinski definition) is 3. The summed E-state index contributed by atoms with van der Waals surface area (Å²) in [6.45, 7) is 0. The van der Waals surface area contributed by atoms with E-state index in [1.807, 2.05) is 11.8 Å². The summed E-state index contributed by atoms with van der Waals surface area (Å²) < 4.78 is 27.3. The summed E-state index contributed by atoms with van der Waals surface area (Å²) >= 11 is 1.86. The van der Waals surface area contributed by atoms with Gasteiger partial charge in [0.05, 0.1) is 0 Å². The Bertz CT molecular complexity index is 525. The SMILES string of the molecule is CSC1CCC(NS(=O)(=O)c2ccc(NN)nc2)CC1. The van der Waals surface area contributed by atoms with Crippen LogP contribution in [0.15, 0.2) is 23.2 Å².